The highest BCUT2D eigenvalue weighted by molar-refractivity contribution is 7.13. The van der Waals surface area contributed by atoms with Crippen molar-refractivity contribution in [2.75, 3.05) is 0 Å². The van der Waals surface area contributed by atoms with Crippen molar-refractivity contribution in [2.24, 2.45) is 0 Å². The van der Waals surface area contributed by atoms with Crippen molar-refractivity contribution >= 4 is 51.3 Å². The van der Waals surface area contributed by atoms with Crippen LogP contribution in [0.1, 0.15) is 15.9 Å². The topological polar surface area (TPSA) is 101 Å². The fraction of sp³-hybridized carbons (Fsp3) is 0. The largest absolute Gasteiger partial charge is 0.478 e. The molecule has 0 fully saturated rings. The molecule has 5 aromatic rings. The number of aromatic nitrogens is 1. The Labute approximate surface area is 185 Å². The van der Waals surface area contributed by atoms with Crippen LogP contribution in [0.5, 0.6) is 0 Å². The highest BCUT2D eigenvalue weighted by atomic mass is 32.1. The Balaban J connectivity index is 1.54. The minimum Gasteiger partial charge on any atom is -0.478 e. The zero-order valence-corrected chi connectivity index (χ0v) is 17.3. The number of carboxylic acid groups (broad SMARTS) is 2. The van der Waals surface area contributed by atoms with E-state index in [4.69, 9.17) is 14.5 Å². The van der Waals surface area contributed by atoms with Crippen molar-refractivity contribution in [3.8, 4) is 21.8 Å². The van der Waals surface area contributed by atoms with E-state index in [0.29, 0.717) is 11.2 Å². The van der Waals surface area contributed by atoms with Crippen LogP contribution in [0.25, 0.3) is 49.8 Å². The molecule has 0 aliphatic heterocycles. The molecule has 0 saturated carbocycles. The lowest BCUT2D eigenvalue weighted by atomic mass is 10.1. The third-order valence-electron chi connectivity index (χ3n) is 5.08. The van der Waals surface area contributed by atoms with Gasteiger partial charge in [0.2, 0.25) is 0 Å². The Morgan fingerprint density at radius 1 is 0.938 bits per heavy atom. The first-order valence-corrected chi connectivity index (χ1v) is 10.5. The fourth-order valence-corrected chi connectivity index (χ4v) is 4.43. The number of aliphatic carboxylic acids is 1. The van der Waals surface area contributed by atoms with Gasteiger partial charge < -0.3 is 14.6 Å². The third kappa shape index (κ3) is 3.55. The molecule has 2 aromatic heterocycles. The summed E-state index contributed by atoms with van der Waals surface area (Å²) >= 11 is 1.50. The molecule has 0 aliphatic carbocycles. The van der Waals surface area contributed by atoms with Crippen molar-refractivity contribution < 1.29 is 24.2 Å². The third-order valence-corrected chi connectivity index (χ3v) is 5.97. The Morgan fingerprint density at radius 2 is 1.78 bits per heavy atom. The molecule has 3 aromatic carbocycles. The summed E-state index contributed by atoms with van der Waals surface area (Å²) in [6.07, 6.45) is 2.65. The lowest BCUT2D eigenvalue weighted by Crippen LogP contribution is -1.95. The zero-order chi connectivity index (χ0) is 22.2. The number of fused-ring (bicyclic) bond motifs is 3. The fourth-order valence-electron chi connectivity index (χ4n) is 3.61. The number of hydrogen-bond donors (Lipinski definition) is 2. The van der Waals surface area contributed by atoms with E-state index in [1.54, 1.807) is 12.1 Å². The maximum Gasteiger partial charge on any atom is 0.339 e. The molecule has 5 rings (SSSR count). The van der Waals surface area contributed by atoms with Crippen LogP contribution in [0.15, 0.2) is 76.5 Å². The van der Waals surface area contributed by atoms with Gasteiger partial charge in [0, 0.05) is 33.4 Å². The number of nitrogens with zero attached hydrogens (tertiary/aromatic N) is 1. The van der Waals surface area contributed by atoms with Crippen LogP contribution in [0.2, 0.25) is 0 Å². The molecule has 0 aliphatic rings. The number of para-hydroxylation sites is 1. The first kappa shape index (κ1) is 19.7. The van der Waals surface area contributed by atoms with Crippen LogP contribution in [-0.2, 0) is 4.79 Å². The molecule has 0 spiro atoms. The normalized spacial score (nSPS) is 11.5. The number of benzene rings is 3. The summed E-state index contributed by atoms with van der Waals surface area (Å²) in [6.45, 7) is 0. The average Bonchev–Trinajstić information content (AvgIpc) is 3.42. The van der Waals surface area contributed by atoms with Gasteiger partial charge in [-0.1, -0.05) is 30.3 Å². The zero-order valence-electron chi connectivity index (χ0n) is 16.5. The van der Waals surface area contributed by atoms with E-state index in [0.717, 1.165) is 44.2 Å². The Hall–Kier alpha value is -4.23. The first-order chi connectivity index (χ1) is 15.5. The van der Waals surface area contributed by atoms with E-state index in [-0.39, 0.29) is 5.56 Å². The van der Waals surface area contributed by atoms with Crippen molar-refractivity contribution in [3.05, 3.63) is 83.2 Å². The summed E-state index contributed by atoms with van der Waals surface area (Å²) in [5.74, 6) is -2.02. The number of rotatable bonds is 5. The molecule has 0 unspecified atom stereocenters. The Bertz CT molecular complexity index is 1540. The standard InChI is InChI=1S/C25H15NO5S/c27-22(28)10-7-14-3-1-4-16(11-14)24-26-20(13-32-24)15-8-9-21-19(12-15)17-5-2-6-18(25(29)30)23(17)31-21/h1-13H,(H,27,28)(H,29,30)/b10-7+. The Morgan fingerprint density at radius 3 is 2.59 bits per heavy atom. The van der Waals surface area contributed by atoms with Gasteiger partial charge in [-0.3, -0.25) is 0 Å². The van der Waals surface area contributed by atoms with E-state index in [1.165, 1.54) is 17.4 Å². The molecule has 0 atom stereocenters. The van der Waals surface area contributed by atoms with E-state index < -0.39 is 11.9 Å². The summed E-state index contributed by atoms with van der Waals surface area (Å²) in [6, 6.07) is 18.3. The summed E-state index contributed by atoms with van der Waals surface area (Å²) < 4.78 is 5.82. The lowest BCUT2D eigenvalue weighted by Gasteiger charge is -1.99. The predicted octanol–water partition coefficient (Wildman–Crippen LogP) is 6.17. The summed E-state index contributed by atoms with van der Waals surface area (Å²) in [5, 5.41) is 22.6. The quantitative estimate of drug-likeness (QED) is 0.316. The number of hydrogen-bond acceptors (Lipinski definition) is 5. The summed E-state index contributed by atoms with van der Waals surface area (Å²) in [5.41, 5.74) is 4.47. The van der Waals surface area contributed by atoms with Gasteiger partial charge >= 0.3 is 11.9 Å². The number of thiazole rings is 1. The van der Waals surface area contributed by atoms with E-state index >= 15 is 0 Å². The molecule has 0 bridgehead atoms. The summed E-state index contributed by atoms with van der Waals surface area (Å²) in [7, 11) is 0. The van der Waals surface area contributed by atoms with Gasteiger partial charge in [-0.25, -0.2) is 14.6 Å². The minimum absolute atomic E-state index is 0.132. The van der Waals surface area contributed by atoms with E-state index in [9.17, 15) is 14.7 Å². The molecular weight excluding hydrogens is 426 g/mol. The van der Waals surface area contributed by atoms with Crippen LogP contribution in [-0.4, -0.2) is 27.1 Å². The molecule has 0 saturated heterocycles. The van der Waals surface area contributed by atoms with Crippen LogP contribution in [0.3, 0.4) is 0 Å². The van der Waals surface area contributed by atoms with Crippen molar-refractivity contribution in [1.29, 1.82) is 0 Å². The first-order valence-electron chi connectivity index (χ1n) is 9.65. The second-order valence-electron chi connectivity index (χ2n) is 7.14. The SMILES string of the molecule is O=C(O)/C=C/c1cccc(-c2nc(-c3ccc4oc5c(C(=O)O)cccc5c4c3)cs2)c1. The van der Waals surface area contributed by atoms with Crippen molar-refractivity contribution in [3.63, 3.8) is 0 Å². The molecule has 0 amide bonds. The molecule has 6 nitrogen and oxygen atoms in total. The molecule has 2 heterocycles. The lowest BCUT2D eigenvalue weighted by molar-refractivity contribution is -0.131. The van der Waals surface area contributed by atoms with E-state index in [2.05, 4.69) is 0 Å². The molecule has 32 heavy (non-hydrogen) atoms. The molecule has 0 radical (unpaired) electrons. The molecule has 156 valence electrons. The Kier molecular flexibility index (Phi) is 4.80. The van der Waals surface area contributed by atoms with Gasteiger partial charge in [-0.15, -0.1) is 11.3 Å². The highest BCUT2D eigenvalue weighted by Gasteiger charge is 2.16. The van der Waals surface area contributed by atoms with E-state index in [1.807, 2.05) is 53.9 Å². The number of carbonyl (C=O) groups is 2. The molecule has 7 heteroatoms. The van der Waals surface area contributed by atoms with Gasteiger partial charge in [0.1, 0.15) is 21.7 Å². The summed E-state index contributed by atoms with van der Waals surface area (Å²) in [4.78, 5) is 27.0. The number of furan rings is 1. The van der Waals surface area contributed by atoms with Gasteiger partial charge in [-0.05, 0) is 42.0 Å². The molecule has 2 N–H and O–H groups in total. The maximum atomic E-state index is 11.5. The highest BCUT2D eigenvalue weighted by Crippen LogP contribution is 2.35. The molecular formula is C25H15NO5S. The van der Waals surface area contributed by atoms with Crippen molar-refractivity contribution in [2.45, 2.75) is 0 Å². The second-order valence-corrected chi connectivity index (χ2v) is 7.99. The van der Waals surface area contributed by atoms with Gasteiger partial charge in [-0.2, -0.15) is 0 Å². The van der Waals surface area contributed by atoms with Gasteiger partial charge in [0.15, 0.2) is 0 Å². The van der Waals surface area contributed by atoms with Gasteiger partial charge in [0.25, 0.3) is 0 Å². The average molecular weight is 441 g/mol. The van der Waals surface area contributed by atoms with Gasteiger partial charge in [0.05, 0.1) is 5.69 Å². The predicted molar refractivity (Wildman–Crippen MR) is 124 cm³/mol. The second kappa shape index (κ2) is 7.79. The monoisotopic (exact) mass is 441 g/mol. The number of aromatic carboxylic acids is 1. The number of carboxylic acids is 2. The van der Waals surface area contributed by atoms with Crippen LogP contribution >= 0.6 is 11.3 Å². The smallest absolute Gasteiger partial charge is 0.339 e. The van der Waals surface area contributed by atoms with Crippen LogP contribution in [0.4, 0.5) is 0 Å². The van der Waals surface area contributed by atoms with Crippen LogP contribution in [0, 0.1) is 0 Å². The van der Waals surface area contributed by atoms with Crippen molar-refractivity contribution in [1.82, 2.24) is 4.98 Å². The minimum atomic E-state index is -1.03. The van der Waals surface area contributed by atoms with Crippen LogP contribution < -0.4 is 0 Å². The maximum absolute atomic E-state index is 11.5.